The van der Waals surface area contributed by atoms with Crippen LogP contribution in [-0.2, 0) is 4.79 Å². The number of nitrogens with one attached hydrogen (secondary N) is 1. The summed E-state index contributed by atoms with van der Waals surface area (Å²) in [6.45, 7) is 2.25. The van der Waals surface area contributed by atoms with Crippen LogP contribution < -0.4 is 5.32 Å². The number of hydrogen-bond acceptors (Lipinski definition) is 2. The second kappa shape index (κ2) is 6.74. The molecule has 1 aromatic rings. The lowest BCUT2D eigenvalue weighted by Gasteiger charge is -2.31. The van der Waals surface area contributed by atoms with Crippen molar-refractivity contribution >= 4 is 47.2 Å². The van der Waals surface area contributed by atoms with E-state index in [0.29, 0.717) is 22.2 Å². The Bertz CT molecular complexity index is 505. The summed E-state index contributed by atoms with van der Waals surface area (Å²) in [5.41, 5.74) is 0.609. The van der Waals surface area contributed by atoms with Gasteiger partial charge in [-0.05, 0) is 50.9 Å². The summed E-state index contributed by atoms with van der Waals surface area (Å²) < 4.78 is 0. The maximum absolute atomic E-state index is 12.4. The highest BCUT2D eigenvalue weighted by molar-refractivity contribution is 6.39. The highest BCUT2D eigenvalue weighted by Crippen LogP contribution is 2.41. The van der Waals surface area contributed by atoms with E-state index in [1.54, 1.807) is 18.2 Å². The second-order valence-corrected chi connectivity index (χ2v) is 6.55. The molecule has 1 aromatic carbocycles. The number of halogens is 3. The van der Waals surface area contributed by atoms with E-state index in [-0.39, 0.29) is 23.9 Å². The van der Waals surface area contributed by atoms with Gasteiger partial charge in [-0.2, -0.15) is 0 Å². The van der Waals surface area contributed by atoms with Crippen LogP contribution in [0.1, 0.15) is 32.1 Å². The topological polar surface area (TPSA) is 32.3 Å². The highest BCUT2D eigenvalue weighted by Gasteiger charge is 2.45. The lowest BCUT2D eigenvalue weighted by molar-refractivity contribution is -0.118. The second-order valence-electron chi connectivity index (χ2n) is 5.74. The first-order valence-corrected chi connectivity index (χ1v) is 7.85. The van der Waals surface area contributed by atoms with Crippen LogP contribution >= 0.6 is 35.6 Å². The molecule has 3 rings (SSSR count). The van der Waals surface area contributed by atoms with Gasteiger partial charge in [0, 0.05) is 12.0 Å². The van der Waals surface area contributed by atoms with Gasteiger partial charge in [0.15, 0.2) is 0 Å². The van der Waals surface area contributed by atoms with E-state index in [1.807, 2.05) is 0 Å². The first-order valence-electron chi connectivity index (χ1n) is 7.10. The van der Waals surface area contributed by atoms with Crippen LogP contribution in [0.2, 0.25) is 10.0 Å². The summed E-state index contributed by atoms with van der Waals surface area (Å²) in [7, 11) is 0. The molecular formula is C15H19Cl3N2O. The molecule has 1 amide bonds. The van der Waals surface area contributed by atoms with E-state index in [4.69, 9.17) is 23.2 Å². The van der Waals surface area contributed by atoms with Gasteiger partial charge in [-0.25, -0.2) is 0 Å². The molecule has 0 saturated carbocycles. The molecule has 6 heteroatoms. The molecule has 1 N–H and O–H groups in total. The van der Waals surface area contributed by atoms with Crippen LogP contribution in [0.3, 0.4) is 0 Å². The van der Waals surface area contributed by atoms with Crippen molar-refractivity contribution in [2.45, 2.75) is 37.6 Å². The number of rotatable bonds is 3. The van der Waals surface area contributed by atoms with Crippen LogP contribution in [0.15, 0.2) is 18.2 Å². The smallest absolute Gasteiger partial charge is 0.226 e. The van der Waals surface area contributed by atoms with Gasteiger partial charge < -0.3 is 5.32 Å². The van der Waals surface area contributed by atoms with Crippen LogP contribution in [-0.4, -0.2) is 29.4 Å². The third-order valence-corrected chi connectivity index (χ3v) is 5.16. The molecule has 2 aliphatic rings. The molecule has 0 unspecified atom stereocenters. The predicted molar refractivity (Wildman–Crippen MR) is 89.7 cm³/mol. The highest BCUT2D eigenvalue weighted by atomic mass is 35.5. The minimum atomic E-state index is 0. The first kappa shape index (κ1) is 16.9. The Balaban J connectivity index is 0.00000161. The average molecular weight is 350 g/mol. The predicted octanol–water partition coefficient (Wildman–Crippen LogP) is 4.37. The lowest BCUT2D eigenvalue weighted by atomic mass is 9.90. The van der Waals surface area contributed by atoms with Gasteiger partial charge in [-0.15, -0.1) is 12.4 Å². The SMILES string of the molecule is Cl.O=C(CC12CCCN1CCC2)Nc1c(Cl)cccc1Cl. The van der Waals surface area contributed by atoms with Crippen molar-refractivity contribution in [3.05, 3.63) is 28.2 Å². The molecular weight excluding hydrogens is 331 g/mol. The van der Waals surface area contributed by atoms with E-state index in [2.05, 4.69) is 10.2 Å². The van der Waals surface area contributed by atoms with Crippen LogP contribution in [0.25, 0.3) is 0 Å². The molecule has 116 valence electrons. The van der Waals surface area contributed by atoms with Crippen molar-refractivity contribution in [1.29, 1.82) is 0 Å². The van der Waals surface area contributed by atoms with Gasteiger partial charge in [0.05, 0.1) is 15.7 Å². The van der Waals surface area contributed by atoms with Crippen molar-refractivity contribution in [3.63, 3.8) is 0 Å². The first-order chi connectivity index (χ1) is 9.61. The summed E-state index contributed by atoms with van der Waals surface area (Å²) in [5.74, 6) is 0.00815. The number of para-hydroxylation sites is 1. The van der Waals surface area contributed by atoms with Crippen LogP contribution in [0.4, 0.5) is 5.69 Å². The van der Waals surface area contributed by atoms with Gasteiger partial charge in [0.25, 0.3) is 0 Å². The molecule has 2 saturated heterocycles. The number of hydrogen-bond donors (Lipinski definition) is 1. The Morgan fingerprint density at radius 3 is 2.33 bits per heavy atom. The maximum atomic E-state index is 12.4. The molecule has 2 aliphatic heterocycles. The number of anilines is 1. The molecule has 0 radical (unpaired) electrons. The lowest BCUT2D eigenvalue weighted by Crippen LogP contribution is -2.41. The number of carbonyl (C=O) groups is 1. The average Bonchev–Trinajstić information content (AvgIpc) is 2.93. The maximum Gasteiger partial charge on any atom is 0.226 e. The van der Waals surface area contributed by atoms with Gasteiger partial charge in [-0.3, -0.25) is 9.69 Å². The van der Waals surface area contributed by atoms with Gasteiger partial charge in [-0.1, -0.05) is 29.3 Å². The number of amides is 1. The van der Waals surface area contributed by atoms with Crippen molar-refractivity contribution in [1.82, 2.24) is 4.90 Å². The Morgan fingerprint density at radius 2 is 1.76 bits per heavy atom. The van der Waals surface area contributed by atoms with Crippen molar-refractivity contribution in [2.24, 2.45) is 0 Å². The van der Waals surface area contributed by atoms with E-state index >= 15 is 0 Å². The molecule has 2 heterocycles. The molecule has 3 nitrogen and oxygen atoms in total. The third kappa shape index (κ3) is 3.31. The van der Waals surface area contributed by atoms with Crippen LogP contribution in [0, 0.1) is 0 Å². The largest absolute Gasteiger partial charge is 0.323 e. The Hall–Kier alpha value is -0.480. The normalized spacial score (nSPS) is 19.9. The molecule has 0 bridgehead atoms. The minimum Gasteiger partial charge on any atom is -0.323 e. The zero-order valence-electron chi connectivity index (χ0n) is 11.7. The van der Waals surface area contributed by atoms with E-state index < -0.39 is 0 Å². The molecule has 21 heavy (non-hydrogen) atoms. The van der Waals surface area contributed by atoms with E-state index in [9.17, 15) is 4.79 Å². The molecule has 0 spiro atoms. The summed E-state index contributed by atoms with van der Waals surface area (Å²) in [5, 5.41) is 3.85. The third-order valence-electron chi connectivity index (χ3n) is 4.53. The molecule has 2 fully saturated rings. The monoisotopic (exact) mass is 348 g/mol. The Labute approximate surface area is 141 Å². The fraction of sp³-hybridized carbons (Fsp3) is 0.533. The van der Waals surface area contributed by atoms with Crippen molar-refractivity contribution < 1.29 is 4.79 Å². The quantitative estimate of drug-likeness (QED) is 0.878. The van der Waals surface area contributed by atoms with E-state index in [1.165, 1.54) is 12.8 Å². The standard InChI is InChI=1S/C15H18Cl2N2O.ClH/c16-11-4-1-5-12(17)14(11)18-13(20)10-15-6-2-8-19(15)9-3-7-15;/h1,4-5H,2-3,6-10H2,(H,18,20);1H. The fourth-order valence-electron chi connectivity index (χ4n) is 3.61. The van der Waals surface area contributed by atoms with Crippen LogP contribution in [0.5, 0.6) is 0 Å². The summed E-state index contributed by atoms with van der Waals surface area (Å²) >= 11 is 12.2. The number of fused-ring (bicyclic) bond motifs is 1. The summed E-state index contributed by atoms with van der Waals surface area (Å²) in [6, 6.07) is 5.24. The fourth-order valence-corrected chi connectivity index (χ4v) is 4.11. The Morgan fingerprint density at radius 1 is 1.19 bits per heavy atom. The summed E-state index contributed by atoms with van der Waals surface area (Å²) in [4.78, 5) is 14.8. The van der Waals surface area contributed by atoms with Gasteiger partial charge in [0.1, 0.15) is 0 Å². The molecule has 0 aliphatic carbocycles. The zero-order chi connectivity index (χ0) is 14.2. The zero-order valence-corrected chi connectivity index (χ0v) is 14.0. The molecule has 0 atom stereocenters. The van der Waals surface area contributed by atoms with Crippen molar-refractivity contribution in [2.75, 3.05) is 18.4 Å². The van der Waals surface area contributed by atoms with Gasteiger partial charge >= 0.3 is 0 Å². The Kier molecular flexibility index (Phi) is 5.42. The minimum absolute atomic E-state index is 0. The van der Waals surface area contributed by atoms with Crippen molar-refractivity contribution in [3.8, 4) is 0 Å². The van der Waals surface area contributed by atoms with E-state index in [0.717, 1.165) is 25.9 Å². The van der Waals surface area contributed by atoms with Gasteiger partial charge in [0.2, 0.25) is 5.91 Å². The number of carbonyl (C=O) groups excluding carboxylic acids is 1. The molecule has 0 aromatic heterocycles. The number of benzene rings is 1. The summed E-state index contributed by atoms with van der Waals surface area (Å²) in [6.07, 6.45) is 5.17. The number of nitrogens with zero attached hydrogens (tertiary/aromatic N) is 1.